The Morgan fingerprint density at radius 1 is 1.40 bits per heavy atom. The Balaban J connectivity index is 2.32. The minimum atomic E-state index is 0.101. The van der Waals surface area contributed by atoms with E-state index < -0.39 is 0 Å². The maximum atomic E-state index is 11.8. The van der Waals surface area contributed by atoms with Gasteiger partial charge >= 0.3 is 0 Å². The van der Waals surface area contributed by atoms with Crippen LogP contribution in [0.5, 0.6) is 0 Å². The van der Waals surface area contributed by atoms with Crippen LogP contribution in [0.4, 0.5) is 0 Å². The fourth-order valence-electron chi connectivity index (χ4n) is 1.72. The van der Waals surface area contributed by atoms with Crippen LogP contribution in [0.2, 0.25) is 0 Å². The highest BCUT2D eigenvalue weighted by molar-refractivity contribution is 7.14. The van der Waals surface area contributed by atoms with Gasteiger partial charge in [0.05, 0.1) is 5.69 Å². The van der Waals surface area contributed by atoms with Crippen molar-refractivity contribution in [3.05, 3.63) is 15.6 Å². The normalized spacial score (nSPS) is 16.8. The van der Waals surface area contributed by atoms with Crippen LogP contribution >= 0.6 is 11.3 Å². The molecule has 1 saturated carbocycles. The van der Waals surface area contributed by atoms with Gasteiger partial charge < -0.3 is 0 Å². The van der Waals surface area contributed by atoms with Crippen molar-refractivity contribution in [3.8, 4) is 0 Å². The summed E-state index contributed by atoms with van der Waals surface area (Å²) in [6, 6.07) is 0. The van der Waals surface area contributed by atoms with Crippen LogP contribution in [-0.2, 0) is 5.41 Å². The topological polar surface area (TPSA) is 30.0 Å². The highest BCUT2D eigenvalue weighted by Crippen LogP contribution is 2.37. The Kier molecular flexibility index (Phi) is 2.45. The van der Waals surface area contributed by atoms with E-state index in [4.69, 9.17) is 0 Å². The van der Waals surface area contributed by atoms with E-state index in [1.54, 1.807) is 11.3 Å². The smallest absolute Gasteiger partial charge is 0.194 e. The van der Waals surface area contributed by atoms with Crippen molar-refractivity contribution in [2.24, 2.45) is 5.92 Å². The van der Waals surface area contributed by atoms with Crippen LogP contribution in [0.3, 0.4) is 0 Å². The Bertz CT molecular complexity index is 396. The summed E-state index contributed by atoms with van der Waals surface area (Å²) in [5.41, 5.74) is 1.13. The molecular formula is C12H17NOS. The Morgan fingerprint density at radius 2 is 2.00 bits per heavy atom. The van der Waals surface area contributed by atoms with E-state index in [1.807, 2.05) is 6.92 Å². The molecule has 0 radical (unpaired) electrons. The van der Waals surface area contributed by atoms with Gasteiger partial charge in [0, 0.05) is 10.8 Å². The second-order valence-corrected chi connectivity index (χ2v) is 6.32. The lowest BCUT2D eigenvalue weighted by molar-refractivity contribution is 0.0967. The van der Waals surface area contributed by atoms with Gasteiger partial charge in [-0.3, -0.25) is 4.79 Å². The van der Waals surface area contributed by atoms with Crippen molar-refractivity contribution in [1.82, 2.24) is 4.98 Å². The lowest BCUT2D eigenvalue weighted by atomic mass is 9.93. The Hall–Kier alpha value is -0.700. The highest BCUT2D eigenvalue weighted by atomic mass is 32.1. The van der Waals surface area contributed by atoms with E-state index in [9.17, 15) is 4.79 Å². The molecule has 82 valence electrons. The van der Waals surface area contributed by atoms with E-state index in [0.717, 1.165) is 23.5 Å². The molecule has 0 spiro atoms. The molecule has 15 heavy (non-hydrogen) atoms. The third kappa shape index (κ3) is 2.12. The Labute approximate surface area is 94.7 Å². The first-order valence-electron chi connectivity index (χ1n) is 5.41. The van der Waals surface area contributed by atoms with Crippen molar-refractivity contribution >= 4 is 17.1 Å². The quantitative estimate of drug-likeness (QED) is 0.720. The number of carbonyl (C=O) groups is 1. The number of thiazole rings is 1. The molecule has 2 nitrogen and oxygen atoms in total. The van der Waals surface area contributed by atoms with Gasteiger partial charge in [-0.25, -0.2) is 4.98 Å². The van der Waals surface area contributed by atoms with Gasteiger partial charge in [-0.05, 0) is 25.2 Å². The number of Topliss-reactive ketones (excluding diaryl/α,β-unsaturated/α-hetero) is 1. The fourth-order valence-corrected chi connectivity index (χ4v) is 2.86. The zero-order valence-corrected chi connectivity index (χ0v) is 10.6. The molecule has 0 aliphatic heterocycles. The van der Waals surface area contributed by atoms with E-state index >= 15 is 0 Å². The van der Waals surface area contributed by atoms with Crippen molar-refractivity contribution in [2.75, 3.05) is 0 Å². The van der Waals surface area contributed by atoms with Crippen molar-refractivity contribution < 1.29 is 4.79 Å². The molecule has 0 unspecified atom stereocenters. The summed E-state index contributed by atoms with van der Waals surface area (Å²) in [5, 5.41) is 0.722. The molecule has 0 atom stereocenters. The summed E-state index contributed by atoms with van der Waals surface area (Å²) in [6.07, 6.45) is 2.12. The first-order chi connectivity index (χ1) is 6.89. The predicted molar refractivity (Wildman–Crippen MR) is 62.6 cm³/mol. The highest BCUT2D eigenvalue weighted by Gasteiger charge is 2.33. The van der Waals surface area contributed by atoms with Crippen LogP contribution < -0.4 is 0 Å². The van der Waals surface area contributed by atoms with Gasteiger partial charge in [0.25, 0.3) is 0 Å². The van der Waals surface area contributed by atoms with Crippen LogP contribution in [0.15, 0.2) is 0 Å². The van der Waals surface area contributed by atoms with Gasteiger partial charge in [0.1, 0.15) is 0 Å². The molecule has 0 N–H and O–H groups in total. The summed E-state index contributed by atoms with van der Waals surface area (Å²) in [7, 11) is 0. The van der Waals surface area contributed by atoms with E-state index in [0.29, 0.717) is 0 Å². The third-order valence-corrected chi connectivity index (χ3v) is 4.23. The average Bonchev–Trinajstić information content (AvgIpc) is 2.86. The summed E-state index contributed by atoms with van der Waals surface area (Å²) < 4.78 is 0. The molecule has 1 aromatic rings. The molecule has 0 amide bonds. The molecule has 0 aromatic carbocycles. The zero-order valence-electron chi connectivity index (χ0n) is 9.76. The zero-order chi connectivity index (χ0) is 11.2. The number of hydrogen-bond donors (Lipinski definition) is 0. The van der Waals surface area contributed by atoms with Gasteiger partial charge in [0.2, 0.25) is 0 Å². The van der Waals surface area contributed by atoms with Crippen molar-refractivity contribution in [1.29, 1.82) is 0 Å². The van der Waals surface area contributed by atoms with Crippen LogP contribution in [0, 0.1) is 12.8 Å². The van der Waals surface area contributed by atoms with E-state index in [1.165, 1.54) is 4.88 Å². The standard InChI is InChI=1S/C12H17NOS/c1-7-10(12(2,3)4)15-11(13-7)9(14)8-5-6-8/h8H,5-6H2,1-4H3. The first kappa shape index (κ1) is 10.8. The number of hydrogen-bond acceptors (Lipinski definition) is 3. The molecule has 0 bridgehead atoms. The van der Waals surface area contributed by atoms with Gasteiger partial charge in [-0.15, -0.1) is 11.3 Å². The molecular weight excluding hydrogens is 206 g/mol. The summed E-state index contributed by atoms with van der Waals surface area (Å²) in [5.74, 6) is 0.543. The SMILES string of the molecule is Cc1nc(C(=O)C2CC2)sc1C(C)(C)C. The molecule has 1 aliphatic rings. The lowest BCUT2D eigenvalue weighted by Gasteiger charge is -2.16. The second-order valence-electron chi connectivity index (χ2n) is 5.32. The monoisotopic (exact) mass is 223 g/mol. The van der Waals surface area contributed by atoms with Crippen molar-refractivity contribution in [2.45, 2.75) is 46.0 Å². The van der Waals surface area contributed by atoms with Gasteiger partial charge in [0.15, 0.2) is 10.8 Å². The summed E-state index contributed by atoms with van der Waals surface area (Å²) >= 11 is 1.58. The number of aryl methyl sites for hydroxylation is 1. The first-order valence-corrected chi connectivity index (χ1v) is 6.23. The molecule has 3 heteroatoms. The molecule has 1 heterocycles. The maximum absolute atomic E-state index is 11.8. The number of ketones is 1. The maximum Gasteiger partial charge on any atom is 0.194 e. The van der Waals surface area contributed by atoms with Crippen LogP contribution in [0.1, 0.15) is 54.0 Å². The summed E-state index contributed by atoms with van der Waals surface area (Å²) in [4.78, 5) is 17.5. The lowest BCUT2D eigenvalue weighted by Crippen LogP contribution is -2.10. The van der Waals surface area contributed by atoms with Gasteiger partial charge in [-0.2, -0.15) is 0 Å². The minimum absolute atomic E-state index is 0.101. The minimum Gasteiger partial charge on any atom is -0.291 e. The van der Waals surface area contributed by atoms with Gasteiger partial charge in [-0.1, -0.05) is 20.8 Å². The Morgan fingerprint density at radius 3 is 2.40 bits per heavy atom. The van der Waals surface area contributed by atoms with E-state index in [2.05, 4.69) is 25.8 Å². The van der Waals surface area contributed by atoms with Crippen molar-refractivity contribution in [3.63, 3.8) is 0 Å². The molecule has 1 aliphatic carbocycles. The number of rotatable bonds is 2. The number of carbonyl (C=O) groups excluding carboxylic acids is 1. The summed E-state index contributed by atoms with van der Waals surface area (Å²) in [6.45, 7) is 8.50. The molecule has 2 rings (SSSR count). The van der Waals surface area contributed by atoms with Crippen LogP contribution in [0.25, 0.3) is 0 Å². The molecule has 1 aromatic heterocycles. The predicted octanol–water partition coefficient (Wildman–Crippen LogP) is 3.34. The number of aromatic nitrogens is 1. The average molecular weight is 223 g/mol. The third-order valence-electron chi connectivity index (χ3n) is 2.64. The van der Waals surface area contributed by atoms with Crippen LogP contribution in [-0.4, -0.2) is 10.8 Å². The number of nitrogens with zero attached hydrogens (tertiary/aromatic N) is 1. The molecule has 0 saturated heterocycles. The van der Waals surface area contributed by atoms with E-state index in [-0.39, 0.29) is 17.1 Å². The fraction of sp³-hybridized carbons (Fsp3) is 0.667. The second kappa shape index (κ2) is 3.41. The largest absolute Gasteiger partial charge is 0.291 e. The molecule has 1 fully saturated rings.